The van der Waals surface area contributed by atoms with Gasteiger partial charge in [-0.2, -0.15) is 0 Å². The number of carbonyl (C=O) groups excluding carboxylic acids is 1. The molecule has 1 saturated carbocycles. The number of rotatable bonds is 3. The van der Waals surface area contributed by atoms with Crippen molar-refractivity contribution in [3.8, 4) is 11.8 Å². The summed E-state index contributed by atoms with van der Waals surface area (Å²) in [5, 5.41) is 11.3. The summed E-state index contributed by atoms with van der Waals surface area (Å²) in [6.07, 6.45) is 3.49. The zero-order valence-electron chi connectivity index (χ0n) is 10.6. The molecule has 1 aliphatic rings. The van der Waals surface area contributed by atoms with Crippen LogP contribution in [0.2, 0.25) is 0 Å². The number of hydrogen-bond acceptors (Lipinski definition) is 2. The number of aliphatic hydroxyl groups excluding tert-OH is 1. The van der Waals surface area contributed by atoms with Crippen LogP contribution in [0.3, 0.4) is 0 Å². The van der Waals surface area contributed by atoms with Gasteiger partial charge in [-0.25, -0.2) is 4.39 Å². The lowest BCUT2D eigenvalue weighted by molar-refractivity contribution is 0.0935. The second-order valence-corrected chi connectivity index (χ2v) is 4.66. The Kier molecular flexibility index (Phi) is 4.53. The monoisotopic (exact) mass is 261 g/mol. The van der Waals surface area contributed by atoms with Crippen LogP contribution in [0.15, 0.2) is 18.2 Å². The average Bonchev–Trinajstić information content (AvgIpc) is 2.34. The van der Waals surface area contributed by atoms with Crippen molar-refractivity contribution in [2.75, 3.05) is 13.2 Å². The van der Waals surface area contributed by atoms with Gasteiger partial charge >= 0.3 is 0 Å². The number of carbonyl (C=O) groups is 1. The minimum absolute atomic E-state index is 0.0360. The number of aliphatic hydroxyl groups is 1. The molecule has 2 rings (SSSR count). The molecule has 1 aromatic rings. The van der Waals surface area contributed by atoms with E-state index in [2.05, 4.69) is 17.2 Å². The largest absolute Gasteiger partial charge is 0.384 e. The zero-order valence-corrected chi connectivity index (χ0v) is 10.6. The lowest BCUT2D eigenvalue weighted by Crippen LogP contribution is -2.32. The normalized spacial score (nSPS) is 14.2. The van der Waals surface area contributed by atoms with E-state index in [-0.39, 0.29) is 18.1 Å². The SMILES string of the molecule is O=C(NCC1CCC1)c1ccc(C#CCO)cc1F. The number of benzene rings is 1. The summed E-state index contributed by atoms with van der Waals surface area (Å²) < 4.78 is 13.8. The molecule has 1 aromatic carbocycles. The van der Waals surface area contributed by atoms with E-state index in [1.165, 1.54) is 18.6 Å². The molecule has 0 unspecified atom stereocenters. The molecule has 4 heteroatoms. The highest BCUT2D eigenvalue weighted by molar-refractivity contribution is 5.94. The van der Waals surface area contributed by atoms with Crippen LogP contribution in [-0.4, -0.2) is 24.2 Å². The Morgan fingerprint density at radius 3 is 2.84 bits per heavy atom. The number of nitrogens with one attached hydrogen (secondary N) is 1. The second kappa shape index (κ2) is 6.35. The minimum Gasteiger partial charge on any atom is -0.384 e. The quantitative estimate of drug-likeness (QED) is 0.814. The van der Waals surface area contributed by atoms with Crippen LogP contribution in [-0.2, 0) is 0 Å². The van der Waals surface area contributed by atoms with Crippen LogP contribution in [0.25, 0.3) is 0 Å². The minimum atomic E-state index is -0.587. The zero-order chi connectivity index (χ0) is 13.7. The highest BCUT2D eigenvalue weighted by Gasteiger charge is 2.19. The third-order valence-corrected chi connectivity index (χ3v) is 3.30. The van der Waals surface area contributed by atoms with E-state index in [1.54, 1.807) is 6.07 Å². The Labute approximate surface area is 111 Å². The first-order valence-corrected chi connectivity index (χ1v) is 6.38. The summed E-state index contributed by atoms with van der Waals surface area (Å²) in [4.78, 5) is 11.8. The molecule has 1 amide bonds. The molecule has 3 nitrogen and oxygen atoms in total. The fourth-order valence-corrected chi connectivity index (χ4v) is 1.95. The lowest BCUT2D eigenvalue weighted by Gasteiger charge is -2.25. The van der Waals surface area contributed by atoms with Crippen LogP contribution in [0, 0.1) is 23.6 Å². The molecular weight excluding hydrogens is 245 g/mol. The Hall–Kier alpha value is -1.86. The number of hydrogen-bond donors (Lipinski definition) is 2. The first kappa shape index (κ1) is 13.6. The standard InChI is InChI=1S/C15H16FNO2/c16-14-9-11(5-2-8-18)6-7-13(14)15(19)17-10-12-3-1-4-12/h6-7,9,12,18H,1,3-4,8,10H2,(H,17,19). The summed E-state index contributed by atoms with van der Waals surface area (Å²) in [6.45, 7) is 0.343. The molecule has 2 N–H and O–H groups in total. The van der Waals surface area contributed by atoms with Crippen molar-refractivity contribution in [2.45, 2.75) is 19.3 Å². The van der Waals surface area contributed by atoms with Gasteiger partial charge < -0.3 is 10.4 Å². The van der Waals surface area contributed by atoms with Crippen molar-refractivity contribution >= 4 is 5.91 Å². The second-order valence-electron chi connectivity index (χ2n) is 4.66. The molecule has 19 heavy (non-hydrogen) atoms. The molecule has 1 fully saturated rings. The van der Waals surface area contributed by atoms with E-state index < -0.39 is 5.82 Å². The third-order valence-electron chi connectivity index (χ3n) is 3.30. The van der Waals surface area contributed by atoms with Crippen LogP contribution in [0.4, 0.5) is 4.39 Å². The molecule has 0 atom stereocenters. The molecule has 0 spiro atoms. The van der Waals surface area contributed by atoms with Crippen molar-refractivity contribution < 1.29 is 14.3 Å². The van der Waals surface area contributed by atoms with E-state index in [9.17, 15) is 9.18 Å². The molecular formula is C15H16FNO2. The summed E-state index contributed by atoms with van der Waals surface area (Å²) in [7, 11) is 0. The summed E-state index contributed by atoms with van der Waals surface area (Å²) in [5.41, 5.74) is 0.482. The van der Waals surface area contributed by atoms with E-state index >= 15 is 0 Å². The molecule has 0 radical (unpaired) electrons. The van der Waals surface area contributed by atoms with Gasteiger partial charge in [0.2, 0.25) is 0 Å². The molecule has 1 aliphatic carbocycles. The highest BCUT2D eigenvalue weighted by Crippen LogP contribution is 2.25. The Balaban J connectivity index is 2.00. The van der Waals surface area contributed by atoms with Gasteiger partial charge in [0.1, 0.15) is 12.4 Å². The highest BCUT2D eigenvalue weighted by atomic mass is 19.1. The topological polar surface area (TPSA) is 49.3 Å². The summed E-state index contributed by atoms with van der Waals surface area (Å²) in [6, 6.07) is 4.21. The van der Waals surface area contributed by atoms with Gasteiger partial charge in [-0.3, -0.25) is 4.79 Å². The predicted octanol–water partition coefficient (Wildman–Crippen LogP) is 1.70. The fraction of sp³-hybridized carbons (Fsp3) is 0.400. The van der Waals surface area contributed by atoms with Gasteiger partial charge in [-0.15, -0.1) is 0 Å². The molecule has 0 bridgehead atoms. The maximum atomic E-state index is 13.8. The Morgan fingerprint density at radius 2 is 2.26 bits per heavy atom. The first-order valence-electron chi connectivity index (χ1n) is 6.38. The van der Waals surface area contributed by atoms with Crippen molar-refractivity contribution in [2.24, 2.45) is 5.92 Å². The van der Waals surface area contributed by atoms with Crippen LogP contribution < -0.4 is 5.32 Å². The van der Waals surface area contributed by atoms with Crippen molar-refractivity contribution in [3.05, 3.63) is 35.1 Å². The molecule has 0 heterocycles. The van der Waals surface area contributed by atoms with E-state index in [4.69, 9.17) is 5.11 Å². The average molecular weight is 261 g/mol. The van der Waals surface area contributed by atoms with Crippen LogP contribution >= 0.6 is 0 Å². The van der Waals surface area contributed by atoms with Crippen molar-refractivity contribution in [3.63, 3.8) is 0 Å². The molecule has 0 aliphatic heterocycles. The van der Waals surface area contributed by atoms with Gasteiger partial charge in [0.15, 0.2) is 0 Å². The number of amides is 1. The van der Waals surface area contributed by atoms with Crippen molar-refractivity contribution in [1.29, 1.82) is 0 Å². The maximum Gasteiger partial charge on any atom is 0.254 e. The van der Waals surface area contributed by atoms with E-state index in [0.717, 1.165) is 12.8 Å². The molecule has 0 saturated heterocycles. The summed E-state index contributed by atoms with van der Waals surface area (Å²) in [5.74, 6) is 4.60. The van der Waals surface area contributed by atoms with Gasteiger partial charge in [-0.1, -0.05) is 18.3 Å². The van der Waals surface area contributed by atoms with E-state index in [1.807, 2.05) is 0 Å². The van der Waals surface area contributed by atoms with Gasteiger partial charge in [0, 0.05) is 12.1 Å². The lowest BCUT2D eigenvalue weighted by atomic mass is 9.85. The Morgan fingerprint density at radius 1 is 1.47 bits per heavy atom. The Bertz CT molecular complexity index is 527. The smallest absolute Gasteiger partial charge is 0.254 e. The van der Waals surface area contributed by atoms with Gasteiger partial charge in [0.05, 0.1) is 5.56 Å². The van der Waals surface area contributed by atoms with Crippen LogP contribution in [0.1, 0.15) is 35.2 Å². The predicted molar refractivity (Wildman–Crippen MR) is 70.0 cm³/mol. The van der Waals surface area contributed by atoms with Crippen molar-refractivity contribution in [1.82, 2.24) is 5.32 Å². The first-order chi connectivity index (χ1) is 9.20. The fourth-order valence-electron chi connectivity index (χ4n) is 1.95. The van der Waals surface area contributed by atoms with Gasteiger partial charge in [-0.05, 0) is 37.0 Å². The number of halogens is 1. The summed E-state index contributed by atoms with van der Waals surface area (Å²) >= 11 is 0. The third kappa shape index (κ3) is 3.55. The van der Waals surface area contributed by atoms with Crippen LogP contribution in [0.5, 0.6) is 0 Å². The van der Waals surface area contributed by atoms with E-state index in [0.29, 0.717) is 18.0 Å². The van der Waals surface area contributed by atoms with Gasteiger partial charge in [0.25, 0.3) is 5.91 Å². The molecule has 100 valence electrons. The molecule has 0 aromatic heterocycles. The maximum absolute atomic E-state index is 13.8.